The Hall–Kier alpha value is -1.52. The maximum atomic E-state index is 12.9. The molecule has 20 heavy (non-hydrogen) atoms. The third-order valence-electron chi connectivity index (χ3n) is 2.96. The number of benzene rings is 1. The standard InChI is InChI=1S/C15H17ClFN3/c1-10-13(8-11-4-6-12(17)7-5-11)15(16)19-14(18-10)9-20(2)3/h4-7H,8-9H2,1-3H3. The van der Waals surface area contributed by atoms with Crippen LogP contribution in [0.15, 0.2) is 24.3 Å². The van der Waals surface area contributed by atoms with Gasteiger partial charge in [-0.15, -0.1) is 0 Å². The third-order valence-corrected chi connectivity index (χ3v) is 3.27. The Kier molecular flexibility index (Phi) is 4.68. The third kappa shape index (κ3) is 3.74. The summed E-state index contributed by atoms with van der Waals surface area (Å²) in [6.45, 7) is 2.57. The van der Waals surface area contributed by atoms with E-state index >= 15 is 0 Å². The summed E-state index contributed by atoms with van der Waals surface area (Å²) in [6, 6.07) is 6.39. The summed E-state index contributed by atoms with van der Waals surface area (Å²) in [7, 11) is 3.91. The van der Waals surface area contributed by atoms with Crippen LogP contribution in [0.4, 0.5) is 4.39 Å². The zero-order valence-electron chi connectivity index (χ0n) is 11.8. The number of hydrogen-bond donors (Lipinski definition) is 0. The van der Waals surface area contributed by atoms with Crippen molar-refractivity contribution in [3.8, 4) is 0 Å². The zero-order chi connectivity index (χ0) is 14.7. The SMILES string of the molecule is Cc1nc(CN(C)C)nc(Cl)c1Cc1ccc(F)cc1. The monoisotopic (exact) mass is 293 g/mol. The van der Waals surface area contributed by atoms with Crippen molar-refractivity contribution in [3.05, 3.63) is 57.9 Å². The van der Waals surface area contributed by atoms with E-state index in [1.807, 2.05) is 25.9 Å². The molecular weight excluding hydrogens is 277 g/mol. The molecule has 0 unspecified atom stereocenters. The van der Waals surface area contributed by atoms with Crippen molar-refractivity contribution >= 4 is 11.6 Å². The molecule has 0 aliphatic heterocycles. The Bertz CT molecular complexity index is 574. The van der Waals surface area contributed by atoms with E-state index in [4.69, 9.17) is 11.6 Å². The summed E-state index contributed by atoms with van der Waals surface area (Å²) in [5.74, 6) is 0.467. The average molecular weight is 294 g/mol. The van der Waals surface area contributed by atoms with Crippen LogP contribution >= 0.6 is 11.6 Å². The Labute approximate surface area is 123 Å². The molecule has 2 aromatic rings. The lowest BCUT2D eigenvalue weighted by molar-refractivity contribution is 0.389. The van der Waals surface area contributed by atoms with Crippen molar-refractivity contribution in [1.29, 1.82) is 0 Å². The highest BCUT2D eigenvalue weighted by atomic mass is 35.5. The smallest absolute Gasteiger partial charge is 0.144 e. The maximum Gasteiger partial charge on any atom is 0.144 e. The predicted octanol–water partition coefficient (Wildman–Crippen LogP) is 3.23. The van der Waals surface area contributed by atoms with E-state index in [-0.39, 0.29) is 5.82 Å². The fourth-order valence-corrected chi connectivity index (χ4v) is 2.28. The number of nitrogens with zero attached hydrogens (tertiary/aromatic N) is 3. The first-order chi connectivity index (χ1) is 9.45. The van der Waals surface area contributed by atoms with E-state index in [9.17, 15) is 4.39 Å². The molecule has 0 bridgehead atoms. The van der Waals surface area contributed by atoms with Crippen LogP contribution in [0, 0.1) is 12.7 Å². The summed E-state index contributed by atoms with van der Waals surface area (Å²) >= 11 is 6.26. The fourth-order valence-electron chi connectivity index (χ4n) is 1.98. The Morgan fingerprint density at radius 1 is 1.15 bits per heavy atom. The molecule has 0 aliphatic rings. The lowest BCUT2D eigenvalue weighted by Gasteiger charge is -2.12. The van der Waals surface area contributed by atoms with Gasteiger partial charge >= 0.3 is 0 Å². The maximum absolute atomic E-state index is 12.9. The van der Waals surface area contributed by atoms with Crippen LogP contribution in [0.2, 0.25) is 5.15 Å². The van der Waals surface area contributed by atoms with Crippen molar-refractivity contribution in [2.24, 2.45) is 0 Å². The van der Waals surface area contributed by atoms with E-state index in [2.05, 4.69) is 9.97 Å². The zero-order valence-corrected chi connectivity index (χ0v) is 12.6. The highest BCUT2D eigenvalue weighted by Gasteiger charge is 2.11. The second-order valence-corrected chi connectivity index (χ2v) is 5.39. The van der Waals surface area contributed by atoms with Crippen molar-refractivity contribution in [2.75, 3.05) is 14.1 Å². The highest BCUT2D eigenvalue weighted by molar-refractivity contribution is 6.30. The second-order valence-electron chi connectivity index (χ2n) is 5.04. The van der Waals surface area contributed by atoms with Gasteiger partial charge in [-0.2, -0.15) is 0 Å². The lowest BCUT2D eigenvalue weighted by atomic mass is 10.1. The molecular formula is C15H17ClFN3. The fraction of sp³-hybridized carbons (Fsp3) is 0.333. The predicted molar refractivity (Wildman–Crippen MR) is 78.4 cm³/mol. The van der Waals surface area contributed by atoms with Gasteiger partial charge < -0.3 is 4.90 Å². The van der Waals surface area contributed by atoms with E-state index in [0.717, 1.165) is 16.8 Å². The first-order valence-electron chi connectivity index (χ1n) is 6.37. The van der Waals surface area contributed by atoms with Crippen LogP contribution in [0.5, 0.6) is 0 Å². The number of aryl methyl sites for hydroxylation is 1. The molecule has 0 saturated heterocycles. The molecule has 1 aromatic heterocycles. The molecule has 0 amide bonds. The molecule has 1 heterocycles. The molecule has 0 N–H and O–H groups in total. The number of halogens is 2. The summed E-state index contributed by atoms with van der Waals surface area (Å²) in [5, 5.41) is 0.471. The van der Waals surface area contributed by atoms with Gasteiger partial charge in [0.05, 0.1) is 6.54 Å². The van der Waals surface area contributed by atoms with Crippen molar-refractivity contribution in [3.63, 3.8) is 0 Å². The van der Waals surface area contributed by atoms with Crippen molar-refractivity contribution < 1.29 is 4.39 Å². The van der Waals surface area contributed by atoms with Gasteiger partial charge in [0.1, 0.15) is 16.8 Å². The molecule has 0 radical (unpaired) electrons. The number of rotatable bonds is 4. The Morgan fingerprint density at radius 3 is 2.35 bits per heavy atom. The van der Waals surface area contributed by atoms with Gasteiger partial charge in [0.15, 0.2) is 0 Å². The van der Waals surface area contributed by atoms with Crippen LogP contribution in [-0.2, 0) is 13.0 Å². The van der Waals surface area contributed by atoms with Crippen molar-refractivity contribution in [2.45, 2.75) is 19.9 Å². The quantitative estimate of drug-likeness (QED) is 0.811. The first kappa shape index (κ1) is 14.9. The molecule has 3 nitrogen and oxygen atoms in total. The van der Waals surface area contributed by atoms with Crippen LogP contribution < -0.4 is 0 Å². The number of hydrogen-bond acceptors (Lipinski definition) is 3. The minimum Gasteiger partial charge on any atom is -0.302 e. The summed E-state index contributed by atoms with van der Waals surface area (Å²) in [4.78, 5) is 10.8. The first-order valence-corrected chi connectivity index (χ1v) is 6.74. The van der Waals surface area contributed by atoms with Gasteiger partial charge in [0.25, 0.3) is 0 Å². The van der Waals surface area contributed by atoms with Gasteiger partial charge in [-0.3, -0.25) is 0 Å². The minimum atomic E-state index is -0.242. The molecule has 0 aliphatic carbocycles. The molecule has 1 aromatic carbocycles. The Balaban J connectivity index is 2.26. The van der Waals surface area contributed by atoms with Crippen molar-refractivity contribution in [1.82, 2.24) is 14.9 Å². The van der Waals surface area contributed by atoms with Crippen LogP contribution in [-0.4, -0.2) is 29.0 Å². The minimum absolute atomic E-state index is 0.242. The van der Waals surface area contributed by atoms with Gasteiger partial charge in [-0.1, -0.05) is 23.7 Å². The molecule has 5 heteroatoms. The molecule has 0 atom stereocenters. The largest absolute Gasteiger partial charge is 0.302 e. The lowest BCUT2D eigenvalue weighted by Crippen LogP contribution is -2.15. The molecule has 0 saturated carbocycles. The van der Waals surface area contributed by atoms with Crippen LogP contribution in [0.25, 0.3) is 0 Å². The average Bonchev–Trinajstić information content (AvgIpc) is 2.35. The topological polar surface area (TPSA) is 29.0 Å². The molecule has 0 spiro atoms. The summed E-state index contributed by atoms with van der Waals surface area (Å²) < 4.78 is 12.9. The normalized spacial score (nSPS) is 11.1. The van der Waals surface area contributed by atoms with E-state index in [1.54, 1.807) is 12.1 Å². The van der Waals surface area contributed by atoms with Crippen LogP contribution in [0.1, 0.15) is 22.6 Å². The molecule has 106 valence electrons. The summed E-state index contributed by atoms with van der Waals surface area (Å²) in [5.41, 5.74) is 2.74. The summed E-state index contributed by atoms with van der Waals surface area (Å²) in [6.07, 6.45) is 0.604. The van der Waals surface area contributed by atoms with Gasteiger partial charge in [0, 0.05) is 17.7 Å². The van der Waals surface area contributed by atoms with Crippen LogP contribution in [0.3, 0.4) is 0 Å². The van der Waals surface area contributed by atoms with Gasteiger partial charge in [-0.25, -0.2) is 14.4 Å². The Morgan fingerprint density at radius 2 is 1.80 bits per heavy atom. The van der Waals surface area contributed by atoms with E-state index < -0.39 is 0 Å². The van der Waals surface area contributed by atoms with Gasteiger partial charge in [-0.05, 0) is 38.7 Å². The molecule has 0 fully saturated rings. The van der Waals surface area contributed by atoms with E-state index in [0.29, 0.717) is 23.9 Å². The highest BCUT2D eigenvalue weighted by Crippen LogP contribution is 2.21. The number of aromatic nitrogens is 2. The molecule has 2 rings (SSSR count). The van der Waals surface area contributed by atoms with E-state index in [1.165, 1.54) is 12.1 Å². The van der Waals surface area contributed by atoms with Gasteiger partial charge in [0.2, 0.25) is 0 Å². The second kappa shape index (κ2) is 6.29.